The summed E-state index contributed by atoms with van der Waals surface area (Å²) >= 11 is 0. The Labute approximate surface area is 161 Å². The van der Waals surface area contributed by atoms with E-state index < -0.39 is 18.2 Å². The fourth-order valence-electron chi connectivity index (χ4n) is 4.17. The Hall–Kier alpha value is -1.88. The summed E-state index contributed by atoms with van der Waals surface area (Å²) in [6.45, 7) is 11.5. The third kappa shape index (κ3) is 4.34. The Morgan fingerprint density at radius 2 is 2.04 bits per heavy atom. The quantitative estimate of drug-likeness (QED) is 0.300. The van der Waals surface area contributed by atoms with Gasteiger partial charge < -0.3 is 14.2 Å². The molecule has 0 unspecified atom stereocenters. The van der Waals surface area contributed by atoms with Crippen LogP contribution in [0.1, 0.15) is 59.8 Å². The zero-order valence-electron chi connectivity index (χ0n) is 16.7. The molecule has 0 spiro atoms. The lowest BCUT2D eigenvalue weighted by Crippen LogP contribution is -2.37. The fourth-order valence-corrected chi connectivity index (χ4v) is 4.17. The molecule has 5 heteroatoms. The Morgan fingerprint density at radius 3 is 2.74 bits per heavy atom. The van der Waals surface area contributed by atoms with Crippen molar-refractivity contribution in [1.29, 1.82) is 0 Å². The molecule has 2 saturated heterocycles. The SMILES string of the molecule is C=C1C(=O)O[C@@H]2[C@@H]1C[C@H]1O[C@]1(C)CC/C=C(\C)CC/C=C(\C)[C@@H]2OC(C)=O. The van der Waals surface area contributed by atoms with Crippen molar-refractivity contribution in [2.45, 2.75) is 83.7 Å². The molecule has 27 heavy (non-hydrogen) atoms. The fraction of sp³-hybridized carbons (Fsp3) is 0.636. The first-order chi connectivity index (χ1) is 12.7. The van der Waals surface area contributed by atoms with Gasteiger partial charge >= 0.3 is 11.9 Å². The molecule has 3 rings (SSSR count). The number of rotatable bonds is 1. The Kier molecular flexibility index (Phi) is 5.61. The summed E-state index contributed by atoms with van der Waals surface area (Å²) in [5, 5.41) is 0. The van der Waals surface area contributed by atoms with Crippen molar-refractivity contribution in [3.8, 4) is 0 Å². The van der Waals surface area contributed by atoms with Crippen molar-refractivity contribution in [3.05, 3.63) is 35.5 Å². The van der Waals surface area contributed by atoms with Crippen LogP contribution >= 0.6 is 0 Å². The van der Waals surface area contributed by atoms with E-state index in [4.69, 9.17) is 14.2 Å². The van der Waals surface area contributed by atoms with E-state index in [1.807, 2.05) is 6.92 Å². The maximum atomic E-state index is 12.2. The number of carbonyl (C=O) groups is 2. The second kappa shape index (κ2) is 7.63. The number of hydrogen-bond donors (Lipinski definition) is 0. The van der Waals surface area contributed by atoms with Crippen LogP contribution in [0.25, 0.3) is 0 Å². The number of ether oxygens (including phenoxy) is 3. The van der Waals surface area contributed by atoms with E-state index in [2.05, 4.69) is 32.6 Å². The number of fused-ring (bicyclic) bond motifs is 2. The van der Waals surface area contributed by atoms with Crippen LogP contribution in [0.3, 0.4) is 0 Å². The van der Waals surface area contributed by atoms with E-state index in [9.17, 15) is 9.59 Å². The second-order valence-electron chi connectivity index (χ2n) is 8.26. The largest absolute Gasteiger partial charge is 0.454 e. The second-order valence-corrected chi connectivity index (χ2v) is 8.26. The molecule has 0 aromatic heterocycles. The summed E-state index contributed by atoms with van der Waals surface area (Å²) in [4.78, 5) is 23.9. The maximum absolute atomic E-state index is 12.2. The molecule has 0 N–H and O–H groups in total. The van der Waals surface area contributed by atoms with Gasteiger partial charge in [0, 0.05) is 18.4 Å². The molecular formula is C22H30O5. The summed E-state index contributed by atoms with van der Waals surface area (Å²) in [5.41, 5.74) is 2.54. The molecule has 0 radical (unpaired) electrons. The molecule has 148 valence electrons. The van der Waals surface area contributed by atoms with E-state index >= 15 is 0 Å². The summed E-state index contributed by atoms with van der Waals surface area (Å²) in [5.74, 6) is -0.999. The van der Waals surface area contributed by atoms with Crippen molar-refractivity contribution in [2.24, 2.45) is 5.92 Å². The average Bonchev–Trinajstić information content (AvgIpc) is 3.14. The Bertz CT molecular complexity index is 703. The van der Waals surface area contributed by atoms with Gasteiger partial charge in [0.25, 0.3) is 0 Å². The minimum absolute atomic E-state index is 0.0650. The van der Waals surface area contributed by atoms with Crippen molar-refractivity contribution in [2.75, 3.05) is 0 Å². The predicted octanol–water partition coefficient (Wildman–Crippen LogP) is 4.03. The van der Waals surface area contributed by atoms with Crippen LogP contribution in [-0.2, 0) is 23.8 Å². The molecule has 2 heterocycles. The average molecular weight is 374 g/mol. The summed E-state index contributed by atoms with van der Waals surface area (Å²) < 4.78 is 17.2. The topological polar surface area (TPSA) is 65.1 Å². The molecular weight excluding hydrogens is 344 g/mol. The van der Waals surface area contributed by atoms with Crippen LogP contribution in [0.4, 0.5) is 0 Å². The summed E-state index contributed by atoms with van der Waals surface area (Å²) in [6, 6.07) is 0. The molecule has 5 nitrogen and oxygen atoms in total. The highest BCUT2D eigenvalue weighted by Gasteiger charge is 2.55. The molecule has 3 aliphatic rings. The molecule has 2 fully saturated rings. The number of epoxide rings is 1. The van der Waals surface area contributed by atoms with Gasteiger partial charge in [-0.1, -0.05) is 24.3 Å². The molecule has 2 aliphatic heterocycles. The van der Waals surface area contributed by atoms with Gasteiger partial charge in [0.15, 0.2) is 6.10 Å². The maximum Gasteiger partial charge on any atom is 0.334 e. The van der Waals surface area contributed by atoms with E-state index in [1.165, 1.54) is 12.5 Å². The zero-order chi connectivity index (χ0) is 19.8. The first-order valence-corrected chi connectivity index (χ1v) is 9.78. The van der Waals surface area contributed by atoms with Crippen LogP contribution in [0.15, 0.2) is 35.5 Å². The van der Waals surface area contributed by atoms with Gasteiger partial charge in [-0.3, -0.25) is 4.79 Å². The first-order valence-electron chi connectivity index (χ1n) is 9.78. The van der Waals surface area contributed by atoms with Gasteiger partial charge in [0.2, 0.25) is 0 Å². The van der Waals surface area contributed by atoms with Crippen LogP contribution in [0.2, 0.25) is 0 Å². The van der Waals surface area contributed by atoms with E-state index in [0.29, 0.717) is 12.0 Å². The Morgan fingerprint density at radius 1 is 1.30 bits per heavy atom. The predicted molar refractivity (Wildman–Crippen MR) is 102 cm³/mol. The Balaban J connectivity index is 1.92. The van der Waals surface area contributed by atoms with Gasteiger partial charge in [-0.05, 0) is 58.4 Å². The lowest BCUT2D eigenvalue weighted by Gasteiger charge is -2.27. The highest BCUT2D eigenvalue weighted by molar-refractivity contribution is 5.91. The molecule has 0 amide bonds. The molecule has 5 atom stereocenters. The van der Waals surface area contributed by atoms with Crippen LogP contribution in [-0.4, -0.2) is 35.9 Å². The van der Waals surface area contributed by atoms with Crippen LogP contribution < -0.4 is 0 Å². The van der Waals surface area contributed by atoms with Crippen molar-refractivity contribution < 1.29 is 23.8 Å². The molecule has 0 aromatic carbocycles. The third-order valence-corrected chi connectivity index (χ3v) is 6.03. The van der Waals surface area contributed by atoms with Crippen LogP contribution in [0, 0.1) is 5.92 Å². The van der Waals surface area contributed by atoms with Gasteiger partial charge in [-0.15, -0.1) is 0 Å². The monoisotopic (exact) mass is 374 g/mol. The molecule has 0 aromatic rings. The smallest absolute Gasteiger partial charge is 0.334 e. The molecule has 0 bridgehead atoms. The van der Waals surface area contributed by atoms with E-state index in [1.54, 1.807) is 0 Å². The van der Waals surface area contributed by atoms with Crippen molar-refractivity contribution >= 4 is 11.9 Å². The number of esters is 2. The van der Waals surface area contributed by atoms with E-state index in [-0.39, 0.29) is 23.6 Å². The number of hydrogen-bond acceptors (Lipinski definition) is 5. The number of carbonyl (C=O) groups excluding carboxylic acids is 2. The highest BCUT2D eigenvalue weighted by Crippen LogP contribution is 2.47. The lowest BCUT2D eigenvalue weighted by molar-refractivity contribution is -0.157. The molecule has 0 saturated carbocycles. The van der Waals surface area contributed by atoms with Crippen molar-refractivity contribution in [3.63, 3.8) is 0 Å². The standard InChI is InChI=1S/C22H30O5/c1-13-8-6-10-14(2)19(25-16(4)23)20-17(15(3)21(24)26-20)12-18-22(5,27-18)11-7-9-13/h9-10,17-20H,3,6-8,11-12H2,1-2,4-5H3/b13-9+,14-10+/t17-,18-,19+,20-,22-/m1/s1. The summed E-state index contributed by atoms with van der Waals surface area (Å²) in [7, 11) is 0. The lowest BCUT2D eigenvalue weighted by atomic mass is 9.84. The first kappa shape index (κ1) is 19.9. The van der Waals surface area contributed by atoms with Gasteiger partial charge in [-0.25, -0.2) is 4.79 Å². The van der Waals surface area contributed by atoms with Gasteiger partial charge in [0.1, 0.15) is 6.10 Å². The van der Waals surface area contributed by atoms with Gasteiger partial charge in [-0.2, -0.15) is 0 Å². The van der Waals surface area contributed by atoms with Crippen LogP contribution in [0.5, 0.6) is 0 Å². The van der Waals surface area contributed by atoms with Gasteiger partial charge in [0.05, 0.1) is 11.7 Å². The third-order valence-electron chi connectivity index (χ3n) is 6.03. The summed E-state index contributed by atoms with van der Waals surface area (Å²) in [6.07, 6.45) is 7.70. The highest BCUT2D eigenvalue weighted by atomic mass is 16.6. The van der Waals surface area contributed by atoms with Crippen molar-refractivity contribution in [1.82, 2.24) is 0 Å². The minimum Gasteiger partial charge on any atom is -0.454 e. The zero-order valence-corrected chi connectivity index (χ0v) is 16.7. The minimum atomic E-state index is -0.590. The molecule has 1 aliphatic carbocycles. The van der Waals surface area contributed by atoms with E-state index in [0.717, 1.165) is 31.3 Å². The number of allylic oxidation sites excluding steroid dienone is 3. The normalized spacial score (nSPS) is 41.0.